The molecular formula is C18H24N4O3S. The summed E-state index contributed by atoms with van der Waals surface area (Å²) in [6.07, 6.45) is 3.55. The van der Waals surface area contributed by atoms with Crippen LogP contribution in [0.1, 0.15) is 19.8 Å². The number of esters is 1. The molecule has 1 aromatic carbocycles. The number of rotatable bonds is 6. The number of likely N-dealkylation sites (tertiary alicyclic amines) is 1. The van der Waals surface area contributed by atoms with Crippen molar-refractivity contribution in [1.82, 2.24) is 19.2 Å². The Bertz CT molecular complexity index is 817. The normalized spacial score (nSPS) is 17.8. The van der Waals surface area contributed by atoms with E-state index in [1.165, 1.54) is 0 Å². The molecule has 0 saturated carbocycles. The van der Waals surface area contributed by atoms with Gasteiger partial charge in [-0.15, -0.1) is 0 Å². The molecule has 2 heterocycles. The first-order valence-electron chi connectivity index (χ1n) is 8.80. The molecule has 0 N–H and O–H groups in total. The van der Waals surface area contributed by atoms with E-state index in [4.69, 9.17) is 21.7 Å². The maximum Gasteiger partial charge on any atom is 0.310 e. The van der Waals surface area contributed by atoms with Crippen LogP contribution in [0.3, 0.4) is 0 Å². The van der Waals surface area contributed by atoms with Crippen LogP contribution in [0.5, 0.6) is 5.75 Å². The maximum absolute atomic E-state index is 12.0. The van der Waals surface area contributed by atoms with Gasteiger partial charge in [0.2, 0.25) is 4.77 Å². The average molecular weight is 376 g/mol. The third-order valence-corrected chi connectivity index (χ3v) is 4.93. The smallest absolute Gasteiger partial charge is 0.310 e. The zero-order chi connectivity index (χ0) is 18.5. The Kier molecular flexibility index (Phi) is 6.05. The van der Waals surface area contributed by atoms with Crippen molar-refractivity contribution < 1.29 is 14.3 Å². The Hall–Kier alpha value is -2.19. The summed E-state index contributed by atoms with van der Waals surface area (Å²) in [5.74, 6) is 0.589. The van der Waals surface area contributed by atoms with Crippen LogP contribution in [0.4, 0.5) is 0 Å². The number of carbonyl (C=O) groups is 1. The minimum atomic E-state index is -0.109. The van der Waals surface area contributed by atoms with Crippen molar-refractivity contribution in [1.29, 1.82) is 0 Å². The van der Waals surface area contributed by atoms with Crippen LogP contribution in [0.2, 0.25) is 0 Å². The molecule has 1 aromatic heterocycles. The van der Waals surface area contributed by atoms with Gasteiger partial charge in [0.25, 0.3) is 0 Å². The van der Waals surface area contributed by atoms with Gasteiger partial charge in [-0.25, -0.2) is 4.68 Å². The molecule has 26 heavy (non-hydrogen) atoms. The summed E-state index contributed by atoms with van der Waals surface area (Å²) in [7, 11) is 1.64. The van der Waals surface area contributed by atoms with Crippen molar-refractivity contribution in [2.24, 2.45) is 5.92 Å². The van der Waals surface area contributed by atoms with E-state index in [9.17, 15) is 4.79 Å². The van der Waals surface area contributed by atoms with Gasteiger partial charge in [0.1, 0.15) is 12.1 Å². The highest BCUT2D eigenvalue weighted by molar-refractivity contribution is 7.71. The SMILES string of the molecule is CCOC(=O)[C@@H]1CCCN(Cn2ncn(-c3cccc(OC)c3)c2=S)C1. The molecule has 1 fully saturated rings. The largest absolute Gasteiger partial charge is 0.497 e. The van der Waals surface area contributed by atoms with Gasteiger partial charge >= 0.3 is 5.97 Å². The van der Waals surface area contributed by atoms with E-state index >= 15 is 0 Å². The number of aromatic nitrogens is 3. The lowest BCUT2D eigenvalue weighted by Gasteiger charge is -2.31. The van der Waals surface area contributed by atoms with Crippen LogP contribution in [-0.2, 0) is 16.2 Å². The molecule has 0 amide bonds. The molecule has 7 nitrogen and oxygen atoms in total. The maximum atomic E-state index is 12.0. The number of carbonyl (C=O) groups excluding carboxylic acids is 1. The molecule has 0 radical (unpaired) electrons. The second-order valence-electron chi connectivity index (χ2n) is 6.29. The van der Waals surface area contributed by atoms with Gasteiger partial charge in [-0.05, 0) is 50.7 Å². The van der Waals surface area contributed by atoms with E-state index in [1.807, 2.05) is 35.8 Å². The van der Waals surface area contributed by atoms with Gasteiger partial charge in [-0.2, -0.15) is 5.10 Å². The monoisotopic (exact) mass is 376 g/mol. The molecule has 3 rings (SSSR count). The number of hydrogen-bond acceptors (Lipinski definition) is 6. The number of ether oxygens (including phenoxy) is 2. The first-order chi connectivity index (χ1) is 12.6. The molecule has 8 heteroatoms. The van der Waals surface area contributed by atoms with Crippen LogP contribution in [0.15, 0.2) is 30.6 Å². The molecule has 140 valence electrons. The lowest BCUT2D eigenvalue weighted by molar-refractivity contribution is -0.150. The Morgan fingerprint density at radius 1 is 1.42 bits per heavy atom. The number of benzene rings is 1. The van der Waals surface area contributed by atoms with Crippen LogP contribution in [-0.4, -0.2) is 52.0 Å². The minimum absolute atomic E-state index is 0.0710. The van der Waals surface area contributed by atoms with Gasteiger partial charge in [-0.3, -0.25) is 14.3 Å². The second-order valence-corrected chi connectivity index (χ2v) is 6.66. The zero-order valence-electron chi connectivity index (χ0n) is 15.1. The summed E-state index contributed by atoms with van der Waals surface area (Å²) < 4.78 is 14.7. The Balaban J connectivity index is 1.72. The predicted octanol–water partition coefficient (Wildman–Crippen LogP) is 2.64. The zero-order valence-corrected chi connectivity index (χ0v) is 15.9. The number of nitrogens with zero attached hydrogens (tertiary/aromatic N) is 4. The van der Waals surface area contributed by atoms with Crippen molar-refractivity contribution in [3.8, 4) is 11.4 Å². The summed E-state index contributed by atoms with van der Waals surface area (Å²) in [5, 5.41) is 4.42. The van der Waals surface area contributed by atoms with E-state index in [0.717, 1.165) is 30.8 Å². The summed E-state index contributed by atoms with van der Waals surface area (Å²) in [4.78, 5) is 14.2. The molecular weight excluding hydrogens is 352 g/mol. The highest BCUT2D eigenvalue weighted by atomic mass is 32.1. The molecule has 0 spiro atoms. The van der Waals surface area contributed by atoms with E-state index in [0.29, 0.717) is 24.6 Å². The fourth-order valence-electron chi connectivity index (χ4n) is 3.20. The summed E-state index contributed by atoms with van der Waals surface area (Å²) in [6, 6.07) is 7.68. The van der Waals surface area contributed by atoms with Gasteiger partial charge in [0, 0.05) is 12.6 Å². The molecule has 0 unspecified atom stereocenters. The van der Waals surface area contributed by atoms with E-state index in [-0.39, 0.29) is 11.9 Å². The molecule has 0 aliphatic carbocycles. The van der Waals surface area contributed by atoms with Crippen molar-refractivity contribution in [3.05, 3.63) is 35.4 Å². The van der Waals surface area contributed by atoms with Crippen LogP contribution in [0.25, 0.3) is 5.69 Å². The highest BCUT2D eigenvalue weighted by Gasteiger charge is 2.27. The molecule has 2 aromatic rings. The predicted molar refractivity (Wildman–Crippen MR) is 99.9 cm³/mol. The molecule has 1 saturated heterocycles. The Morgan fingerprint density at radius 3 is 3.04 bits per heavy atom. The lowest BCUT2D eigenvalue weighted by Crippen LogP contribution is -2.40. The standard InChI is InChI=1S/C18H24N4O3S/c1-3-25-17(23)14-6-5-9-20(11-14)13-22-18(26)21(12-19-22)15-7-4-8-16(10-15)24-2/h4,7-8,10,12,14H,3,5-6,9,11,13H2,1-2H3/t14-/m1/s1. The van der Waals surface area contributed by atoms with Crippen molar-refractivity contribution in [2.45, 2.75) is 26.4 Å². The molecule has 1 aliphatic rings. The van der Waals surface area contributed by atoms with Gasteiger partial charge in [0.05, 0.1) is 32.0 Å². The molecule has 0 bridgehead atoms. The topological polar surface area (TPSA) is 61.5 Å². The van der Waals surface area contributed by atoms with Crippen molar-refractivity contribution >= 4 is 18.2 Å². The Morgan fingerprint density at radius 2 is 2.27 bits per heavy atom. The van der Waals surface area contributed by atoms with Crippen molar-refractivity contribution in [3.63, 3.8) is 0 Å². The first kappa shape index (κ1) is 18.6. The van der Waals surface area contributed by atoms with E-state index < -0.39 is 0 Å². The third-order valence-electron chi connectivity index (χ3n) is 4.52. The highest BCUT2D eigenvalue weighted by Crippen LogP contribution is 2.20. The van der Waals surface area contributed by atoms with Gasteiger partial charge in [-0.1, -0.05) is 6.07 Å². The summed E-state index contributed by atoms with van der Waals surface area (Å²) in [6.45, 7) is 4.41. The van der Waals surface area contributed by atoms with E-state index in [1.54, 1.807) is 18.1 Å². The third kappa shape index (κ3) is 4.13. The first-order valence-corrected chi connectivity index (χ1v) is 9.21. The average Bonchev–Trinajstić information content (AvgIpc) is 3.02. The Labute approximate surface area is 158 Å². The van der Waals surface area contributed by atoms with Gasteiger partial charge < -0.3 is 9.47 Å². The fourth-order valence-corrected chi connectivity index (χ4v) is 3.45. The minimum Gasteiger partial charge on any atom is -0.497 e. The van der Waals surface area contributed by atoms with Crippen LogP contribution < -0.4 is 4.74 Å². The van der Waals surface area contributed by atoms with E-state index in [2.05, 4.69) is 10.00 Å². The molecule has 1 atom stereocenters. The number of piperidine rings is 1. The number of hydrogen-bond donors (Lipinski definition) is 0. The number of methoxy groups -OCH3 is 1. The second kappa shape index (κ2) is 8.46. The van der Waals surface area contributed by atoms with Crippen LogP contribution >= 0.6 is 12.2 Å². The molecule has 1 aliphatic heterocycles. The quantitative estimate of drug-likeness (QED) is 0.571. The van der Waals surface area contributed by atoms with Gasteiger partial charge in [0.15, 0.2) is 0 Å². The lowest BCUT2D eigenvalue weighted by atomic mass is 9.99. The summed E-state index contributed by atoms with van der Waals surface area (Å²) in [5.41, 5.74) is 0.906. The van der Waals surface area contributed by atoms with Crippen LogP contribution in [0, 0.1) is 10.7 Å². The summed E-state index contributed by atoms with van der Waals surface area (Å²) >= 11 is 5.58. The van der Waals surface area contributed by atoms with Crippen molar-refractivity contribution in [2.75, 3.05) is 26.8 Å². The fraction of sp³-hybridized carbons (Fsp3) is 0.500.